The molecule has 16 aromatic carbocycles. The molecule has 3 aliphatic carbocycles. The summed E-state index contributed by atoms with van der Waals surface area (Å²) in [4.78, 5) is 0. The van der Waals surface area contributed by atoms with Crippen molar-refractivity contribution in [3.63, 3.8) is 0 Å². The van der Waals surface area contributed by atoms with Gasteiger partial charge in [0, 0.05) is 31.8 Å². The van der Waals surface area contributed by atoms with Crippen LogP contribution < -0.4 is 0 Å². The maximum atomic E-state index is 3.42. The molecule has 0 unspecified atom stereocenters. The summed E-state index contributed by atoms with van der Waals surface area (Å²) >= 11 is 3.42. The molecule has 0 bridgehead atoms. The minimum absolute atomic E-state index is 0.0485. The van der Waals surface area contributed by atoms with Crippen molar-refractivity contribution < 1.29 is 0 Å². The first-order chi connectivity index (χ1) is 45.5. The van der Waals surface area contributed by atoms with E-state index in [4.69, 9.17) is 0 Å². The molecule has 93 heavy (non-hydrogen) atoms. The third kappa shape index (κ3) is 8.65. The minimum Gasteiger partial charge on any atom is -0.309 e. The monoisotopic (exact) mass is 1250 g/mol. The zero-order valence-corrected chi connectivity index (χ0v) is 54.0. The molecule has 0 amide bonds. The molecule has 3 aliphatic rings. The van der Waals surface area contributed by atoms with Gasteiger partial charge in [0.1, 0.15) is 0 Å². The zero-order valence-electron chi connectivity index (χ0n) is 52.4. The maximum Gasteiger partial charge on any atom is 0.0547 e. The van der Waals surface area contributed by atoms with E-state index >= 15 is 0 Å². The molecule has 1 heterocycles. The lowest BCUT2D eigenvalue weighted by Crippen LogP contribution is -2.15. The summed E-state index contributed by atoms with van der Waals surface area (Å²) in [7, 11) is 0. The minimum atomic E-state index is -0.0737. The first kappa shape index (κ1) is 55.2. The molecule has 0 fully saturated rings. The molecule has 1 nitrogen and oxygen atoms in total. The number of hydrogen-bond acceptors (Lipinski definition) is 0. The van der Waals surface area contributed by atoms with E-state index in [1.54, 1.807) is 0 Å². The average Bonchev–Trinajstić information content (AvgIpc) is 1.60. The highest BCUT2D eigenvalue weighted by Gasteiger charge is 2.38. The van der Waals surface area contributed by atoms with Crippen molar-refractivity contribution in [3.05, 3.63) is 341 Å². The van der Waals surface area contributed by atoms with Gasteiger partial charge in [-0.3, -0.25) is 0 Å². The van der Waals surface area contributed by atoms with Crippen LogP contribution in [-0.2, 0) is 17.3 Å². The Morgan fingerprint density at radius 3 is 1.11 bits per heavy atom. The lowest BCUT2D eigenvalue weighted by atomic mass is 9.81. The summed E-state index contributed by atoms with van der Waals surface area (Å²) in [6, 6.07) is 112. The van der Waals surface area contributed by atoms with E-state index in [-0.39, 0.29) is 10.8 Å². The van der Waals surface area contributed by atoms with Crippen molar-refractivity contribution in [1.82, 2.24) is 4.57 Å². The summed E-state index contributed by atoms with van der Waals surface area (Å²) in [5.74, 6) is 0. The largest absolute Gasteiger partial charge is 0.309 e. The normalized spacial score (nSPS) is 13.6. The highest BCUT2D eigenvalue weighted by molar-refractivity contribution is 9.10. The highest BCUT2D eigenvalue weighted by Crippen LogP contribution is 2.55. The maximum absolute atomic E-state index is 3.42. The number of aromatic nitrogens is 1. The average molecular weight is 1250 g/mol. The van der Waals surface area contributed by atoms with E-state index in [9.17, 15) is 0 Å². The van der Waals surface area contributed by atoms with Crippen LogP contribution in [0, 0.1) is 0 Å². The highest BCUT2D eigenvalue weighted by atomic mass is 79.9. The Kier molecular flexibility index (Phi) is 12.6. The standard InChI is InChI=1S/C45H31N.C34H24.C12H9Br/c1-45(2)41-19-11-10-18-35(41)38-25-40-39-24-36-33-16-8-6-14-31(33)32-15-7-9-17-34(32)37(36)26-43(39)46(44(40)27-42(38)45)30-22-20-29(21-23-30)28-12-4-3-5-13-28;1-34(2)32-14-8-7-13-26(32)31-19-28-21(17-33(31)34)15-20-16-29-24-11-5-3-9-22(24)23-10-4-6-12-25(23)30(29)18-27(20)28;13-12-8-6-11(7-9-12)10-4-2-1-3-5-10/h3-27H,1-2H3;3-14,16-19H,15H2,1-2H3;1-9H. The molecule has 0 saturated carbocycles. The summed E-state index contributed by atoms with van der Waals surface area (Å²) in [5.41, 5.74) is 25.6. The van der Waals surface area contributed by atoms with Gasteiger partial charge >= 0.3 is 0 Å². The first-order valence-electron chi connectivity index (χ1n) is 32.6. The molecule has 440 valence electrons. The Balaban J connectivity index is 0.000000118. The summed E-state index contributed by atoms with van der Waals surface area (Å²) in [5, 5.41) is 18.5. The molecule has 17 aromatic rings. The molecule has 0 saturated heterocycles. The predicted octanol–water partition coefficient (Wildman–Crippen LogP) is 25.4. The molecule has 0 radical (unpaired) electrons. The second kappa shape index (κ2) is 21.2. The topological polar surface area (TPSA) is 4.93 Å². The number of halogens is 1. The Hall–Kier alpha value is -10.6. The van der Waals surface area contributed by atoms with Gasteiger partial charge in [0.05, 0.1) is 11.0 Å². The van der Waals surface area contributed by atoms with Crippen molar-refractivity contribution in [2.75, 3.05) is 0 Å². The van der Waals surface area contributed by atoms with Crippen LogP contribution in [0.5, 0.6) is 0 Å². The molecular formula is C91H64BrN. The van der Waals surface area contributed by atoms with Crippen LogP contribution in [0.25, 0.3) is 148 Å². The number of benzene rings is 16. The molecule has 0 N–H and O–H groups in total. The molecular weight excluding hydrogens is 1190 g/mol. The fourth-order valence-electron chi connectivity index (χ4n) is 16.4. The van der Waals surface area contributed by atoms with Gasteiger partial charge in [0.25, 0.3) is 0 Å². The van der Waals surface area contributed by atoms with Crippen LogP contribution in [-0.4, -0.2) is 4.57 Å². The Labute approximate surface area is 550 Å². The van der Waals surface area contributed by atoms with E-state index in [1.807, 2.05) is 6.07 Å². The lowest BCUT2D eigenvalue weighted by Gasteiger charge is -2.22. The third-order valence-electron chi connectivity index (χ3n) is 21.0. The Bertz CT molecular complexity index is 5930. The molecule has 0 spiro atoms. The van der Waals surface area contributed by atoms with Crippen LogP contribution in [0.4, 0.5) is 0 Å². The summed E-state index contributed by atoms with van der Waals surface area (Å²) in [6.45, 7) is 9.49. The smallest absolute Gasteiger partial charge is 0.0547 e. The molecule has 0 atom stereocenters. The fraction of sp³-hybridized carbons (Fsp3) is 0.0769. The van der Waals surface area contributed by atoms with Crippen molar-refractivity contribution in [3.8, 4) is 61.3 Å². The molecule has 1 aromatic heterocycles. The van der Waals surface area contributed by atoms with Crippen molar-refractivity contribution in [2.45, 2.75) is 44.9 Å². The van der Waals surface area contributed by atoms with Crippen molar-refractivity contribution in [1.29, 1.82) is 0 Å². The van der Waals surface area contributed by atoms with Crippen LogP contribution in [0.3, 0.4) is 0 Å². The van der Waals surface area contributed by atoms with Gasteiger partial charge in [-0.15, -0.1) is 0 Å². The van der Waals surface area contributed by atoms with Crippen LogP contribution in [0.15, 0.2) is 308 Å². The van der Waals surface area contributed by atoms with Crippen LogP contribution in [0.2, 0.25) is 0 Å². The number of hydrogen-bond donors (Lipinski definition) is 0. The van der Waals surface area contributed by atoms with Gasteiger partial charge in [0.15, 0.2) is 0 Å². The third-order valence-corrected chi connectivity index (χ3v) is 21.5. The first-order valence-corrected chi connectivity index (χ1v) is 33.4. The van der Waals surface area contributed by atoms with E-state index in [2.05, 4.69) is 345 Å². The molecule has 2 heteroatoms. The van der Waals surface area contributed by atoms with Crippen molar-refractivity contribution >= 4 is 102 Å². The Morgan fingerprint density at radius 2 is 0.591 bits per heavy atom. The number of fused-ring (bicyclic) bond motifs is 24. The van der Waals surface area contributed by atoms with E-state index in [1.165, 1.54) is 181 Å². The fourth-order valence-corrected chi connectivity index (χ4v) is 16.6. The van der Waals surface area contributed by atoms with Gasteiger partial charge < -0.3 is 4.57 Å². The van der Waals surface area contributed by atoms with Gasteiger partial charge in [-0.1, -0.05) is 280 Å². The molecule has 0 aliphatic heterocycles. The van der Waals surface area contributed by atoms with Crippen LogP contribution >= 0.6 is 15.9 Å². The van der Waals surface area contributed by atoms with E-state index < -0.39 is 0 Å². The van der Waals surface area contributed by atoms with Crippen molar-refractivity contribution in [2.24, 2.45) is 0 Å². The second-order valence-electron chi connectivity index (χ2n) is 26.8. The lowest BCUT2D eigenvalue weighted by molar-refractivity contribution is 0.659. The van der Waals surface area contributed by atoms with Gasteiger partial charge in [-0.25, -0.2) is 0 Å². The number of nitrogens with zero attached hydrogens (tertiary/aromatic N) is 1. The zero-order chi connectivity index (χ0) is 62.3. The second-order valence-corrected chi connectivity index (χ2v) is 27.7. The van der Waals surface area contributed by atoms with Crippen LogP contribution in [0.1, 0.15) is 61.1 Å². The quantitative estimate of drug-likeness (QED) is 0.155. The van der Waals surface area contributed by atoms with Gasteiger partial charge in [0.2, 0.25) is 0 Å². The SMILES string of the molecule is Brc1ccc(-c2ccccc2)cc1.CC1(C)c2ccccc2-c2cc3c(cc21)Cc1cc2c4ccccc4c4ccccc4c2cc1-3.CC1(C)c2ccccc2-c2cc3c4cc5c6ccccc6c6ccccc6c5cc4n(-c4ccc(-c5ccccc5)cc4)c3cc21. The molecule has 20 rings (SSSR count). The predicted molar refractivity (Wildman–Crippen MR) is 401 cm³/mol. The van der Waals surface area contributed by atoms with E-state index in [0.29, 0.717) is 0 Å². The number of rotatable bonds is 3. The van der Waals surface area contributed by atoms with E-state index in [0.717, 1.165) is 10.9 Å². The summed E-state index contributed by atoms with van der Waals surface area (Å²) in [6.07, 6.45) is 1.02. The van der Waals surface area contributed by atoms with Gasteiger partial charge in [-0.2, -0.15) is 0 Å². The summed E-state index contributed by atoms with van der Waals surface area (Å²) < 4.78 is 3.62. The Morgan fingerprint density at radius 1 is 0.247 bits per heavy atom. The van der Waals surface area contributed by atoms with Gasteiger partial charge in [-0.05, 0) is 227 Å².